The normalized spacial score (nSPS) is 55.8. The molecule has 116 valence electrons. The molecule has 4 rings (SSSR count). The maximum absolute atomic E-state index is 9.97. The highest BCUT2D eigenvalue weighted by molar-refractivity contribution is 5.89. The zero-order valence-corrected chi connectivity index (χ0v) is 13.4. The predicted molar refractivity (Wildman–Crippen MR) is 85.4 cm³/mol. The van der Waals surface area contributed by atoms with Crippen LogP contribution in [-0.2, 0) is 0 Å². The highest BCUT2D eigenvalue weighted by Crippen LogP contribution is 2.64. The van der Waals surface area contributed by atoms with Crippen molar-refractivity contribution < 1.29 is 5.11 Å². The van der Waals surface area contributed by atoms with E-state index in [2.05, 4.69) is 26.0 Å². The molecule has 0 bridgehead atoms. The van der Waals surface area contributed by atoms with Crippen LogP contribution in [0.4, 0.5) is 0 Å². The van der Waals surface area contributed by atoms with Gasteiger partial charge in [0.15, 0.2) is 0 Å². The van der Waals surface area contributed by atoms with Crippen LogP contribution < -0.4 is 0 Å². The Hall–Kier alpha value is -0.630. The molecule has 0 aliphatic heterocycles. The molecule has 21 heavy (non-hydrogen) atoms. The van der Waals surface area contributed by atoms with Gasteiger partial charge in [-0.15, -0.1) is 0 Å². The van der Waals surface area contributed by atoms with Gasteiger partial charge in [0.25, 0.3) is 0 Å². The van der Waals surface area contributed by atoms with E-state index in [1.54, 1.807) is 0 Å². The van der Waals surface area contributed by atoms with Crippen molar-refractivity contribution in [3.63, 3.8) is 0 Å². The highest BCUT2D eigenvalue weighted by Gasteiger charge is 2.58. The molecule has 0 radical (unpaired) electrons. The summed E-state index contributed by atoms with van der Waals surface area (Å²) in [5, 5.41) is 18.4. The molecule has 0 aromatic rings. The number of aliphatic hydroxyl groups excluding tert-OH is 1. The van der Waals surface area contributed by atoms with Crippen molar-refractivity contribution in [1.29, 1.82) is 5.41 Å². The van der Waals surface area contributed by atoms with Gasteiger partial charge in [-0.05, 0) is 74.0 Å². The Kier molecular flexibility index (Phi) is 2.96. The molecule has 0 amide bonds. The first-order valence-corrected chi connectivity index (χ1v) is 8.90. The molecule has 0 aromatic carbocycles. The molecule has 2 heteroatoms. The van der Waals surface area contributed by atoms with Gasteiger partial charge in [-0.1, -0.05) is 26.0 Å². The number of hydrogen-bond donors (Lipinski definition) is 2. The second-order valence-electron chi connectivity index (χ2n) is 8.65. The van der Waals surface area contributed by atoms with E-state index >= 15 is 0 Å². The average molecular weight is 287 g/mol. The number of hydrogen-bond acceptors (Lipinski definition) is 2. The van der Waals surface area contributed by atoms with Crippen LogP contribution in [-0.4, -0.2) is 16.9 Å². The first-order valence-electron chi connectivity index (χ1n) is 8.90. The lowest BCUT2D eigenvalue weighted by atomic mass is 9.46. The topological polar surface area (TPSA) is 44.1 Å². The van der Waals surface area contributed by atoms with E-state index in [4.69, 9.17) is 5.41 Å². The number of allylic oxidation sites excluding steroid dienone is 1. The van der Waals surface area contributed by atoms with Gasteiger partial charge in [0.05, 0.1) is 6.10 Å². The van der Waals surface area contributed by atoms with E-state index in [1.807, 2.05) is 0 Å². The van der Waals surface area contributed by atoms with Crippen molar-refractivity contribution in [3.8, 4) is 0 Å². The van der Waals surface area contributed by atoms with Crippen LogP contribution in [0.1, 0.15) is 58.8 Å². The summed E-state index contributed by atoms with van der Waals surface area (Å²) in [4.78, 5) is 0. The summed E-state index contributed by atoms with van der Waals surface area (Å²) in [6, 6.07) is 0. The van der Waals surface area contributed by atoms with Crippen LogP contribution in [0.15, 0.2) is 12.2 Å². The van der Waals surface area contributed by atoms with Crippen LogP contribution in [0.25, 0.3) is 0 Å². The van der Waals surface area contributed by atoms with Gasteiger partial charge in [-0.3, -0.25) is 0 Å². The Morgan fingerprint density at radius 3 is 2.76 bits per heavy atom. The predicted octanol–water partition coefficient (Wildman–Crippen LogP) is 4.19. The molecule has 3 fully saturated rings. The summed E-state index contributed by atoms with van der Waals surface area (Å²) < 4.78 is 0. The van der Waals surface area contributed by atoms with E-state index in [1.165, 1.54) is 32.1 Å². The minimum absolute atomic E-state index is 0.211. The third-order valence-electron chi connectivity index (χ3n) is 7.95. The summed E-state index contributed by atoms with van der Waals surface area (Å²) in [6.07, 6.45) is 12.6. The van der Waals surface area contributed by atoms with Crippen molar-refractivity contribution >= 4 is 5.71 Å². The molecule has 4 aliphatic carbocycles. The minimum Gasteiger partial charge on any atom is -0.389 e. The Morgan fingerprint density at radius 2 is 1.95 bits per heavy atom. The maximum atomic E-state index is 9.97. The Morgan fingerprint density at radius 1 is 1.14 bits per heavy atom. The molecule has 0 spiro atoms. The summed E-state index contributed by atoms with van der Waals surface area (Å²) in [6.45, 7) is 4.83. The van der Waals surface area contributed by atoms with Crippen LogP contribution in [0, 0.1) is 39.9 Å². The van der Waals surface area contributed by atoms with Gasteiger partial charge in [0.2, 0.25) is 0 Å². The van der Waals surface area contributed by atoms with E-state index in [-0.39, 0.29) is 11.5 Å². The summed E-state index contributed by atoms with van der Waals surface area (Å²) in [5.74, 6) is 3.02. The maximum Gasteiger partial charge on any atom is 0.0724 e. The van der Waals surface area contributed by atoms with Crippen LogP contribution in [0.2, 0.25) is 0 Å². The fourth-order valence-electron chi connectivity index (χ4n) is 6.60. The lowest BCUT2D eigenvalue weighted by Gasteiger charge is -2.58. The van der Waals surface area contributed by atoms with Gasteiger partial charge in [-0.2, -0.15) is 0 Å². The van der Waals surface area contributed by atoms with Crippen molar-refractivity contribution in [2.24, 2.45) is 34.5 Å². The molecule has 0 heterocycles. The zero-order chi connectivity index (χ0) is 14.8. The minimum atomic E-state index is -0.215. The van der Waals surface area contributed by atoms with Crippen molar-refractivity contribution in [1.82, 2.24) is 0 Å². The average Bonchev–Trinajstić information content (AvgIpc) is 2.76. The smallest absolute Gasteiger partial charge is 0.0724 e. The zero-order valence-electron chi connectivity index (χ0n) is 13.4. The molecule has 3 saturated carbocycles. The highest BCUT2D eigenvalue weighted by atomic mass is 16.3. The van der Waals surface area contributed by atoms with E-state index in [0.29, 0.717) is 11.3 Å². The standard InChI is InChI=1S/C19H29NO/c1-18-9-7-13(21)11-12(18)3-4-14-15-5-6-17(20)19(15,2)10-8-16(14)18/h7,9,12-16,20-21H,3-6,8,10-11H2,1-2H3/t12?,13?,14-,15-,16+,18-,19-/m0/s1. The third kappa shape index (κ3) is 1.78. The summed E-state index contributed by atoms with van der Waals surface area (Å²) in [7, 11) is 0. The van der Waals surface area contributed by atoms with Gasteiger partial charge in [-0.25, -0.2) is 0 Å². The summed E-state index contributed by atoms with van der Waals surface area (Å²) >= 11 is 0. The Bertz CT molecular complexity index is 498. The molecule has 2 unspecified atom stereocenters. The van der Waals surface area contributed by atoms with Crippen LogP contribution in [0.5, 0.6) is 0 Å². The number of fused-ring (bicyclic) bond motifs is 5. The summed E-state index contributed by atoms with van der Waals surface area (Å²) in [5.41, 5.74) is 1.55. The van der Waals surface area contributed by atoms with Gasteiger partial charge >= 0.3 is 0 Å². The molecule has 7 atom stereocenters. The first kappa shape index (κ1) is 14.0. The van der Waals surface area contributed by atoms with Gasteiger partial charge in [0, 0.05) is 11.1 Å². The lowest BCUT2D eigenvalue weighted by molar-refractivity contribution is -0.0647. The van der Waals surface area contributed by atoms with Crippen molar-refractivity contribution in [2.75, 3.05) is 0 Å². The van der Waals surface area contributed by atoms with E-state index < -0.39 is 0 Å². The molecule has 2 nitrogen and oxygen atoms in total. The van der Waals surface area contributed by atoms with Gasteiger partial charge in [0.1, 0.15) is 0 Å². The molecule has 2 N–H and O–H groups in total. The largest absolute Gasteiger partial charge is 0.389 e. The Balaban J connectivity index is 1.68. The molecule has 4 aliphatic rings. The molecule has 0 saturated heterocycles. The number of rotatable bonds is 0. The third-order valence-corrected chi connectivity index (χ3v) is 7.95. The SMILES string of the molecule is C[C@]12C=CC(O)CC1CC[C@@H]1[C@H]2CC[C@]2(C)C(=N)CC[C@@H]12. The first-order chi connectivity index (χ1) is 9.95. The van der Waals surface area contributed by atoms with Crippen LogP contribution >= 0.6 is 0 Å². The quantitative estimate of drug-likeness (QED) is 0.645. The van der Waals surface area contributed by atoms with E-state index in [9.17, 15) is 5.11 Å². The van der Waals surface area contributed by atoms with Crippen molar-refractivity contribution in [3.05, 3.63) is 12.2 Å². The monoisotopic (exact) mass is 287 g/mol. The fraction of sp³-hybridized carbons (Fsp3) is 0.842. The molecular formula is C19H29NO. The molecule has 0 aromatic heterocycles. The Labute approximate surface area is 128 Å². The second-order valence-corrected chi connectivity index (χ2v) is 8.65. The lowest BCUT2D eigenvalue weighted by Crippen LogP contribution is -2.52. The van der Waals surface area contributed by atoms with Gasteiger partial charge < -0.3 is 10.5 Å². The number of nitrogens with one attached hydrogen (secondary N) is 1. The number of aliphatic hydroxyl groups is 1. The second kappa shape index (κ2) is 4.44. The van der Waals surface area contributed by atoms with Crippen molar-refractivity contribution in [2.45, 2.75) is 64.9 Å². The molecular weight excluding hydrogens is 258 g/mol. The van der Waals surface area contributed by atoms with Crippen LogP contribution in [0.3, 0.4) is 0 Å². The van der Waals surface area contributed by atoms with E-state index in [0.717, 1.165) is 36.3 Å². The fourth-order valence-corrected chi connectivity index (χ4v) is 6.60.